The van der Waals surface area contributed by atoms with Crippen LogP contribution in [0.4, 0.5) is 0 Å². The second-order valence-corrected chi connectivity index (χ2v) is 3.81. The monoisotopic (exact) mass is 200 g/mol. The first kappa shape index (κ1) is 13.1. The van der Waals surface area contributed by atoms with Crippen LogP contribution in [0.3, 0.4) is 0 Å². The summed E-state index contributed by atoms with van der Waals surface area (Å²) < 4.78 is 26.2. The van der Waals surface area contributed by atoms with Crippen LogP contribution in [-0.2, 0) is 15.8 Å². The minimum Gasteiger partial charge on any atom is -0.772 e. The van der Waals surface area contributed by atoms with Gasteiger partial charge in [0.25, 0.3) is 0 Å². The van der Waals surface area contributed by atoms with E-state index in [9.17, 15) is 8.76 Å². The van der Waals surface area contributed by atoms with E-state index >= 15 is 0 Å². The molecular formula is C7H13NaO3S. The molecule has 0 heterocycles. The Bertz CT molecular complexity index is 159. The fraction of sp³-hybridized carbons (Fsp3) is 1.00. The van der Waals surface area contributed by atoms with Crippen molar-refractivity contribution in [1.29, 1.82) is 0 Å². The molecule has 0 N–H and O–H groups in total. The molecule has 1 saturated carbocycles. The van der Waals surface area contributed by atoms with Crippen LogP contribution < -0.4 is 29.6 Å². The maximum atomic E-state index is 10.4. The van der Waals surface area contributed by atoms with Crippen LogP contribution in [0.15, 0.2) is 0 Å². The molecule has 3 nitrogen and oxygen atoms in total. The molecule has 0 bridgehead atoms. The third-order valence-electron chi connectivity index (χ3n) is 2.10. The van der Waals surface area contributed by atoms with Gasteiger partial charge in [-0.25, -0.2) is 0 Å². The van der Waals surface area contributed by atoms with E-state index in [1.165, 1.54) is 0 Å². The summed E-state index contributed by atoms with van der Waals surface area (Å²) in [5.41, 5.74) is -0.318. The Morgan fingerprint density at radius 3 is 2.42 bits per heavy atom. The van der Waals surface area contributed by atoms with Gasteiger partial charge < -0.3 is 9.29 Å². The van der Waals surface area contributed by atoms with Gasteiger partial charge in [0.15, 0.2) is 0 Å². The zero-order valence-corrected chi connectivity index (χ0v) is 10.5. The van der Waals surface area contributed by atoms with Crippen LogP contribution in [0.2, 0.25) is 0 Å². The molecule has 0 saturated heterocycles. The molecule has 0 spiro atoms. The van der Waals surface area contributed by atoms with Crippen LogP contribution in [0.25, 0.3) is 0 Å². The number of rotatable bonds is 4. The minimum absolute atomic E-state index is 0. The van der Waals surface area contributed by atoms with Crippen molar-refractivity contribution in [2.45, 2.75) is 31.8 Å². The molecule has 1 fully saturated rings. The van der Waals surface area contributed by atoms with E-state index in [0.717, 1.165) is 19.3 Å². The third-order valence-corrected chi connectivity index (χ3v) is 2.86. The van der Waals surface area contributed by atoms with Gasteiger partial charge in [-0.15, -0.1) is 0 Å². The van der Waals surface area contributed by atoms with Gasteiger partial charge in [-0.2, -0.15) is 0 Å². The van der Waals surface area contributed by atoms with Gasteiger partial charge in [0, 0.05) is 12.4 Å². The van der Waals surface area contributed by atoms with Crippen molar-refractivity contribution in [3.63, 3.8) is 0 Å². The molecule has 0 radical (unpaired) electrons. The van der Waals surface area contributed by atoms with Crippen LogP contribution in [0, 0.1) is 0 Å². The fourth-order valence-electron chi connectivity index (χ4n) is 1.42. The largest absolute Gasteiger partial charge is 1.00 e. The molecule has 0 aromatic rings. The fourth-order valence-corrected chi connectivity index (χ4v) is 2.22. The van der Waals surface area contributed by atoms with Crippen molar-refractivity contribution >= 4 is 11.1 Å². The normalized spacial score (nSPS) is 22.2. The quantitative estimate of drug-likeness (QED) is 0.383. The maximum absolute atomic E-state index is 10.4. The summed E-state index contributed by atoms with van der Waals surface area (Å²) in [6, 6.07) is 0. The molecule has 12 heavy (non-hydrogen) atoms. The van der Waals surface area contributed by atoms with Gasteiger partial charge in [-0.1, -0.05) is 11.1 Å². The third kappa shape index (κ3) is 3.44. The molecule has 0 aliphatic heterocycles. The van der Waals surface area contributed by atoms with Crippen LogP contribution >= 0.6 is 0 Å². The van der Waals surface area contributed by atoms with E-state index in [1.807, 2.05) is 6.92 Å². The Morgan fingerprint density at radius 2 is 2.17 bits per heavy atom. The molecule has 1 aliphatic carbocycles. The second-order valence-electron chi connectivity index (χ2n) is 2.92. The van der Waals surface area contributed by atoms with Crippen LogP contribution in [0.5, 0.6) is 0 Å². The van der Waals surface area contributed by atoms with Gasteiger partial charge >= 0.3 is 29.6 Å². The predicted octanol–water partition coefficient (Wildman–Crippen LogP) is -2.17. The molecule has 66 valence electrons. The zero-order chi connectivity index (χ0) is 8.32. The van der Waals surface area contributed by atoms with E-state index in [1.54, 1.807) is 0 Å². The first-order chi connectivity index (χ1) is 5.18. The average molecular weight is 200 g/mol. The number of hydrogen-bond donors (Lipinski definition) is 0. The Hall–Kier alpha value is 1.07. The summed E-state index contributed by atoms with van der Waals surface area (Å²) in [4.78, 5) is 0. The smallest absolute Gasteiger partial charge is 0.772 e. The summed E-state index contributed by atoms with van der Waals surface area (Å²) in [7, 11) is 0. The van der Waals surface area contributed by atoms with Crippen molar-refractivity contribution < 1.29 is 43.1 Å². The first-order valence-electron chi connectivity index (χ1n) is 3.88. The SMILES string of the molecule is CCOC1(CS(=O)[O-])CCC1.[Na+]. The van der Waals surface area contributed by atoms with Crippen molar-refractivity contribution in [2.75, 3.05) is 12.4 Å². The predicted molar refractivity (Wildman–Crippen MR) is 42.0 cm³/mol. The Morgan fingerprint density at radius 1 is 1.58 bits per heavy atom. The van der Waals surface area contributed by atoms with E-state index in [0.29, 0.717) is 6.61 Å². The second kappa shape index (κ2) is 5.73. The minimum atomic E-state index is -1.96. The number of hydrogen-bond acceptors (Lipinski definition) is 3. The van der Waals surface area contributed by atoms with Crippen LogP contribution in [-0.4, -0.2) is 26.7 Å². The molecule has 5 heteroatoms. The van der Waals surface area contributed by atoms with E-state index in [2.05, 4.69) is 0 Å². The summed E-state index contributed by atoms with van der Waals surface area (Å²) in [6.45, 7) is 2.50. The standard InChI is InChI=1S/C7H14O3S.Na/c1-2-10-7(4-3-5-7)6-11(8)9;/h2-6H2,1H3,(H,8,9);/q;+1/p-1. The molecule has 0 aromatic carbocycles. The van der Waals surface area contributed by atoms with Gasteiger partial charge in [0.1, 0.15) is 0 Å². The Balaban J connectivity index is 0.00000121. The molecular weight excluding hydrogens is 187 g/mol. The topological polar surface area (TPSA) is 49.4 Å². The average Bonchev–Trinajstić information content (AvgIpc) is 1.82. The Kier molecular flexibility index (Phi) is 6.24. The van der Waals surface area contributed by atoms with Crippen molar-refractivity contribution in [1.82, 2.24) is 0 Å². The van der Waals surface area contributed by atoms with Crippen molar-refractivity contribution in [2.24, 2.45) is 0 Å². The molecule has 1 atom stereocenters. The van der Waals surface area contributed by atoms with E-state index in [4.69, 9.17) is 4.74 Å². The number of ether oxygens (including phenoxy) is 1. The van der Waals surface area contributed by atoms with E-state index in [-0.39, 0.29) is 40.9 Å². The summed E-state index contributed by atoms with van der Waals surface area (Å²) in [5.74, 6) is 0.167. The molecule has 1 rings (SSSR count). The van der Waals surface area contributed by atoms with Gasteiger partial charge in [-0.3, -0.25) is 4.21 Å². The summed E-state index contributed by atoms with van der Waals surface area (Å²) in [5, 5.41) is 0. The van der Waals surface area contributed by atoms with Gasteiger partial charge in [0.2, 0.25) is 0 Å². The maximum Gasteiger partial charge on any atom is 1.00 e. The summed E-state index contributed by atoms with van der Waals surface area (Å²) in [6.07, 6.45) is 2.89. The molecule has 0 amide bonds. The first-order valence-corrected chi connectivity index (χ1v) is 5.13. The van der Waals surface area contributed by atoms with E-state index < -0.39 is 11.1 Å². The summed E-state index contributed by atoms with van der Waals surface area (Å²) >= 11 is -1.96. The molecule has 1 unspecified atom stereocenters. The van der Waals surface area contributed by atoms with Crippen LogP contribution in [0.1, 0.15) is 26.2 Å². The van der Waals surface area contributed by atoms with Gasteiger partial charge in [-0.05, 0) is 26.2 Å². The molecule has 0 aromatic heterocycles. The Labute approximate surface area is 97.8 Å². The van der Waals surface area contributed by atoms with Crippen molar-refractivity contribution in [3.8, 4) is 0 Å². The zero-order valence-electron chi connectivity index (χ0n) is 7.67. The molecule has 1 aliphatic rings. The van der Waals surface area contributed by atoms with Gasteiger partial charge in [0.05, 0.1) is 5.60 Å². The van der Waals surface area contributed by atoms with Crippen molar-refractivity contribution in [3.05, 3.63) is 0 Å².